The predicted molar refractivity (Wildman–Crippen MR) is 106 cm³/mol. The second kappa shape index (κ2) is 8.15. The molecule has 3 aromatic heterocycles. The average Bonchev–Trinajstić information content (AvgIpc) is 3.17. The van der Waals surface area contributed by atoms with E-state index in [4.69, 9.17) is 0 Å². The second-order valence-corrected chi connectivity index (χ2v) is 7.46. The van der Waals surface area contributed by atoms with Crippen LogP contribution in [0.2, 0.25) is 0 Å². The van der Waals surface area contributed by atoms with Gasteiger partial charge in [-0.2, -0.15) is 23.4 Å². The Morgan fingerprint density at radius 1 is 1.20 bits per heavy atom. The first kappa shape index (κ1) is 20.5. The Morgan fingerprint density at radius 3 is 2.80 bits per heavy atom. The van der Waals surface area contributed by atoms with Gasteiger partial charge in [-0.1, -0.05) is 6.42 Å². The van der Waals surface area contributed by atoms with E-state index in [1.807, 2.05) is 12.1 Å². The van der Waals surface area contributed by atoms with Gasteiger partial charge in [-0.25, -0.2) is 4.52 Å². The van der Waals surface area contributed by atoms with Crippen molar-refractivity contribution < 1.29 is 18.3 Å². The Hall–Kier alpha value is -2.79. The smallest absolute Gasteiger partial charge is 0.368 e. The maximum absolute atomic E-state index is 13.2. The summed E-state index contributed by atoms with van der Waals surface area (Å²) in [6.07, 6.45) is -1.57. The van der Waals surface area contributed by atoms with Crippen molar-refractivity contribution in [3.8, 4) is 0 Å². The molecule has 30 heavy (non-hydrogen) atoms. The van der Waals surface area contributed by atoms with E-state index in [1.165, 1.54) is 17.8 Å². The van der Waals surface area contributed by atoms with Crippen LogP contribution in [0, 0.1) is 0 Å². The molecule has 0 bridgehead atoms. The summed E-state index contributed by atoms with van der Waals surface area (Å²) in [5, 5.41) is 27.9. The number of nitrogens with one attached hydrogen (secondary N) is 3. The highest BCUT2D eigenvalue weighted by Crippen LogP contribution is 2.34. The Labute approximate surface area is 171 Å². The quantitative estimate of drug-likeness (QED) is 0.472. The molecule has 8 nitrogen and oxygen atoms in total. The molecule has 2 atom stereocenters. The zero-order valence-corrected chi connectivity index (χ0v) is 16.4. The largest absolute Gasteiger partial charge is 0.437 e. The molecule has 0 aliphatic carbocycles. The fraction of sp³-hybridized carbons (Fsp3) is 0.474. The van der Waals surface area contributed by atoms with Crippen LogP contribution in [-0.2, 0) is 13.2 Å². The summed E-state index contributed by atoms with van der Waals surface area (Å²) in [7, 11) is 1.39. The van der Waals surface area contributed by atoms with Crippen LogP contribution in [0.15, 0.2) is 30.5 Å². The Morgan fingerprint density at radius 2 is 2.00 bits per heavy atom. The van der Waals surface area contributed by atoms with Crippen molar-refractivity contribution in [2.45, 2.75) is 37.7 Å². The molecule has 0 spiro atoms. The summed E-state index contributed by atoms with van der Waals surface area (Å²) in [5.41, 5.74) is -0.338. The fourth-order valence-corrected chi connectivity index (χ4v) is 3.67. The highest BCUT2D eigenvalue weighted by atomic mass is 19.4. The minimum absolute atomic E-state index is 0.240. The van der Waals surface area contributed by atoms with E-state index in [1.54, 1.807) is 12.1 Å². The lowest BCUT2D eigenvalue weighted by Crippen LogP contribution is -2.31. The van der Waals surface area contributed by atoms with Gasteiger partial charge in [0, 0.05) is 25.8 Å². The average molecular weight is 423 g/mol. The van der Waals surface area contributed by atoms with Gasteiger partial charge in [-0.3, -0.25) is 4.68 Å². The van der Waals surface area contributed by atoms with E-state index in [0.29, 0.717) is 11.5 Å². The van der Waals surface area contributed by atoms with Gasteiger partial charge in [0.25, 0.3) is 0 Å². The zero-order valence-electron chi connectivity index (χ0n) is 16.4. The number of aryl methyl sites for hydroxylation is 1. The van der Waals surface area contributed by atoms with Crippen LogP contribution in [0.25, 0.3) is 5.52 Å². The van der Waals surface area contributed by atoms with E-state index in [2.05, 4.69) is 26.1 Å². The molecule has 4 N–H and O–H groups in total. The van der Waals surface area contributed by atoms with Gasteiger partial charge >= 0.3 is 6.18 Å². The lowest BCUT2D eigenvalue weighted by molar-refractivity contribution is -0.140. The monoisotopic (exact) mass is 423 g/mol. The maximum atomic E-state index is 13.2. The minimum atomic E-state index is -4.63. The first-order valence-electron chi connectivity index (χ1n) is 9.82. The number of rotatable bonds is 5. The molecule has 3 aromatic rings. The number of aromatic nitrogens is 4. The van der Waals surface area contributed by atoms with Crippen molar-refractivity contribution in [3.05, 3.63) is 41.9 Å². The Balaban J connectivity index is 1.57. The highest BCUT2D eigenvalue weighted by Gasteiger charge is 2.37. The zero-order chi connectivity index (χ0) is 21.3. The van der Waals surface area contributed by atoms with Crippen LogP contribution >= 0.6 is 0 Å². The molecule has 162 valence electrons. The van der Waals surface area contributed by atoms with E-state index in [-0.39, 0.29) is 11.7 Å². The number of hydrogen-bond acceptors (Lipinski definition) is 6. The first-order valence-corrected chi connectivity index (χ1v) is 9.82. The number of alkyl halides is 3. The minimum Gasteiger partial charge on any atom is -0.368 e. The summed E-state index contributed by atoms with van der Waals surface area (Å²) >= 11 is 0. The maximum Gasteiger partial charge on any atom is 0.437 e. The van der Waals surface area contributed by atoms with E-state index >= 15 is 0 Å². The number of halogens is 3. The van der Waals surface area contributed by atoms with Crippen molar-refractivity contribution >= 4 is 17.0 Å². The summed E-state index contributed by atoms with van der Waals surface area (Å²) in [6.45, 7) is 1.84. The Kier molecular flexibility index (Phi) is 5.56. The van der Waals surface area contributed by atoms with Gasteiger partial charge < -0.3 is 21.1 Å². The third kappa shape index (κ3) is 4.36. The molecule has 1 unspecified atom stereocenters. The topological polar surface area (TPSA) is 91.4 Å². The predicted octanol–water partition coefficient (Wildman–Crippen LogP) is 2.74. The summed E-state index contributed by atoms with van der Waals surface area (Å²) in [6, 6.07) is 7.32. The second-order valence-electron chi connectivity index (χ2n) is 7.46. The van der Waals surface area contributed by atoms with Crippen molar-refractivity contribution in [1.29, 1.82) is 0 Å². The van der Waals surface area contributed by atoms with Gasteiger partial charge in [0.2, 0.25) is 0 Å². The van der Waals surface area contributed by atoms with Crippen LogP contribution in [0.1, 0.15) is 36.9 Å². The third-order valence-electron chi connectivity index (χ3n) is 5.10. The van der Waals surface area contributed by atoms with Crippen LogP contribution in [0.5, 0.6) is 0 Å². The van der Waals surface area contributed by atoms with Crippen LogP contribution in [-0.4, -0.2) is 43.6 Å². The fourth-order valence-electron chi connectivity index (χ4n) is 3.67. The van der Waals surface area contributed by atoms with Crippen molar-refractivity contribution in [1.82, 2.24) is 24.7 Å². The standard InChI is InChI=1S/C19H24F3N7O/c1-28-11-14(17(27-28)19(20,21)22)25-18(30)15-7-5-13-6-8-16(26-29(13)15)24-12-4-2-3-9-23-10-12/h5-8,11-12,18,23,25,30H,2-4,9-10H2,1H3,(H,24,26)/t12-,18?/m1/s1. The summed E-state index contributed by atoms with van der Waals surface area (Å²) in [5.74, 6) is 0.637. The molecular weight excluding hydrogens is 399 g/mol. The first-order chi connectivity index (χ1) is 14.3. The molecule has 0 aromatic carbocycles. The van der Waals surface area contributed by atoms with Gasteiger partial charge in [0.1, 0.15) is 5.82 Å². The summed E-state index contributed by atoms with van der Waals surface area (Å²) < 4.78 is 42.1. The SMILES string of the molecule is Cn1cc(NC(O)c2ccc3ccc(N[C@@H]4CCCCNC4)nn23)c(C(F)(F)F)n1. The molecule has 1 aliphatic rings. The number of aliphatic hydroxyl groups is 1. The van der Waals surface area contributed by atoms with Gasteiger partial charge in [-0.15, -0.1) is 0 Å². The normalized spacial score (nSPS) is 18.9. The Bertz CT molecular complexity index is 1010. The van der Waals surface area contributed by atoms with Crippen molar-refractivity contribution in [2.75, 3.05) is 23.7 Å². The van der Waals surface area contributed by atoms with E-state index in [0.717, 1.165) is 42.6 Å². The van der Waals surface area contributed by atoms with Crippen molar-refractivity contribution in [3.63, 3.8) is 0 Å². The molecule has 11 heteroatoms. The van der Waals surface area contributed by atoms with Crippen molar-refractivity contribution in [2.24, 2.45) is 7.05 Å². The van der Waals surface area contributed by atoms with E-state index in [9.17, 15) is 18.3 Å². The lowest BCUT2D eigenvalue weighted by atomic mass is 10.1. The van der Waals surface area contributed by atoms with Gasteiger partial charge in [-0.05, 0) is 43.7 Å². The number of anilines is 2. The molecule has 0 radical (unpaired) electrons. The molecule has 4 rings (SSSR count). The molecule has 1 aliphatic heterocycles. The van der Waals surface area contributed by atoms with Gasteiger partial charge in [0.15, 0.2) is 11.9 Å². The van der Waals surface area contributed by atoms with Crippen LogP contribution in [0.4, 0.5) is 24.7 Å². The number of aliphatic hydroxyl groups excluding tert-OH is 1. The number of hydrogen-bond donors (Lipinski definition) is 4. The molecular formula is C19H24F3N7O. The van der Waals surface area contributed by atoms with Crippen LogP contribution < -0.4 is 16.0 Å². The molecule has 1 fully saturated rings. The van der Waals surface area contributed by atoms with Crippen LogP contribution in [0.3, 0.4) is 0 Å². The molecule has 0 amide bonds. The molecule has 0 saturated carbocycles. The number of fused-ring (bicyclic) bond motifs is 1. The summed E-state index contributed by atoms with van der Waals surface area (Å²) in [4.78, 5) is 0. The van der Waals surface area contributed by atoms with Gasteiger partial charge in [0.05, 0.1) is 16.9 Å². The third-order valence-corrected chi connectivity index (χ3v) is 5.10. The van der Waals surface area contributed by atoms with E-state index < -0.39 is 18.1 Å². The molecule has 4 heterocycles. The highest BCUT2D eigenvalue weighted by molar-refractivity contribution is 5.54. The lowest BCUT2D eigenvalue weighted by Gasteiger charge is -2.18. The number of nitrogens with zero attached hydrogens (tertiary/aromatic N) is 4. The molecule has 1 saturated heterocycles.